The van der Waals surface area contributed by atoms with Gasteiger partial charge in [-0.3, -0.25) is 10.1 Å². The van der Waals surface area contributed by atoms with E-state index in [-0.39, 0.29) is 22.3 Å². The number of carbonyl (C=O) groups excluding carboxylic acids is 1. The molecule has 13 heteroatoms. The SMILES string of the molecule is O=C(Nc1ccc(SC(F)(F)F)cc1)Nc1cc([N+](=O)[O-])cc(C(F)(F)F)c1. The third-order valence-electron chi connectivity index (χ3n) is 3.06. The van der Waals surface area contributed by atoms with Gasteiger partial charge in [0.15, 0.2) is 0 Å². The molecular formula is C15H9F6N3O3S. The highest BCUT2D eigenvalue weighted by Crippen LogP contribution is 2.37. The minimum Gasteiger partial charge on any atom is -0.308 e. The third-order valence-corrected chi connectivity index (χ3v) is 3.80. The second-order valence-electron chi connectivity index (χ2n) is 5.17. The van der Waals surface area contributed by atoms with E-state index >= 15 is 0 Å². The number of urea groups is 1. The summed E-state index contributed by atoms with van der Waals surface area (Å²) >= 11 is -0.360. The van der Waals surface area contributed by atoms with Gasteiger partial charge in [-0.05, 0) is 42.1 Å². The maximum atomic E-state index is 12.8. The summed E-state index contributed by atoms with van der Waals surface area (Å²) in [5.74, 6) is 0. The summed E-state index contributed by atoms with van der Waals surface area (Å²) < 4.78 is 75.2. The molecule has 0 atom stereocenters. The van der Waals surface area contributed by atoms with E-state index in [9.17, 15) is 41.3 Å². The number of halogens is 6. The van der Waals surface area contributed by atoms with Crippen LogP contribution >= 0.6 is 11.8 Å². The number of benzene rings is 2. The first-order valence-corrected chi connectivity index (χ1v) is 7.95. The largest absolute Gasteiger partial charge is 0.446 e. The molecule has 0 aromatic heterocycles. The Morgan fingerprint density at radius 1 is 0.929 bits per heavy atom. The van der Waals surface area contributed by atoms with Gasteiger partial charge in [0.25, 0.3) is 5.69 Å². The second kappa shape index (κ2) is 7.96. The average Bonchev–Trinajstić information content (AvgIpc) is 2.54. The maximum Gasteiger partial charge on any atom is 0.446 e. The van der Waals surface area contributed by atoms with Gasteiger partial charge in [-0.2, -0.15) is 26.3 Å². The molecule has 6 nitrogen and oxygen atoms in total. The zero-order valence-corrected chi connectivity index (χ0v) is 14.2. The number of alkyl halides is 6. The molecule has 0 aliphatic carbocycles. The molecule has 2 aromatic carbocycles. The van der Waals surface area contributed by atoms with Crippen molar-refractivity contribution >= 4 is 34.9 Å². The lowest BCUT2D eigenvalue weighted by molar-refractivity contribution is -0.385. The first kappa shape index (κ1) is 21.3. The second-order valence-corrected chi connectivity index (χ2v) is 6.31. The smallest absolute Gasteiger partial charge is 0.308 e. The predicted octanol–water partition coefficient (Wildman–Crippen LogP) is 5.87. The minimum atomic E-state index is -4.87. The summed E-state index contributed by atoms with van der Waals surface area (Å²) in [6.45, 7) is 0. The highest BCUT2D eigenvalue weighted by molar-refractivity contribution is 8.00. The van der Waals surface area contributed by atoms with Crippen LogP contribution in [0.1, 0.15) is 5.56 Å². The topological polar surface area (TPSA) is 84.3 Å². The van der Waals surface area contributed by atoms with Crippen molar-refractivity contribution in [1.82, 2.24) is 0 Å². The number of rotatable bonds is 4. The van der Waals surface area contributed by atoms with Crippen molar-refractivity contribution in [2.24, 2.45) is 0 Å². The molecule has 2 aromatic rings. The molecule has 0 saturated carbocycles. The van der Waals surface area contributed by atoms with Gasteiger partial charge < -0.3 is 10.6 Å². The standard InChI is InChI=1S/C15H9F6N3O3S/c16-14(17,18)8-5-10(7-11(6-8)24(26)27)23-13(25)22-9-1-3-12(4-2-9)28-15(19,20)21/h1-7H,(H2,22,23,25). The Bertz CT molecular complexity index is 884. The zero-order chi connectivity index (χ0) is 21.1. The highest BCUT2D eigenvalue weighted by Gasteiger charge is 2.33. The summed E-state index contributed by atoms with van der Waals surface area (Å²) in [5.41, 5.74) is -7.11. The zero-order valence-electron chi connectivity index (χ0n) is 13.4. The van der Waals surface area contributed by atoms with Crippen LogP contribution in [0.15, 0.2) is 47.4 Å². The molecule has 0 aliphatic rings. The third kappa shape index (κ3) is 6.33. The molecule has 0 radical (unpaired) electrons. The van der Waals surface area contributed by atoms with E-state index in [0.717, 1.165) is 30.3 Å². The van der Waals surface area contributed by atoms with E-state index in [0.29, 0.717) is 12.1 Å². The number of nitrogens with zero attached hydrogens (tertiary/aromatic N) is 1. The van der Waals surface area contributed by atoms with Crippen molar-refractivity contribution in [2.45, 2.75) is 16.6 Å². The van der Waals surface area contributed by atoms with Crippen LogP contribution < -0.4 is 10.6 Å². The van der Waals surface area contributed by atoms with Gasteiger partial charge >= 0.3 is 17.7 Å². The van der Waals surface area contributed by atoms with Crippen LogP contribution in [0.25, 0.3) is 0 Å². The lowest BCUT2D eigenvalue weighted by atomic mass is 10.1. The van der Waals surface area contributed by atoms with Crippen LogP contribution in [0.5, 0.6) is 0 Å². The van der Waals surface area contributed by atoms with Crippen LogP contribution in [0.4, 0.5) is 48.2 Å². The number of nitro benzene ring substituents is 1. The van der Waals surface area contributed by atoms with Gasteiger partial charge in [-0.1, -0.05) is 0 Å². The summed E-state index contributed by atoms with van der Waals surface area (Å²) in [7, 11) is 0. The lowest BCUT2D eigenvalue weighted by Gasteiger charge is -2.11. The van der Waals surface area contributed by atoms with E-state index in [4.69, 9.17) is 0 Å². The molecule has 0 bridgehead atoms. The number of non-ortho nitro benzene ring substituents is 1. The van der Waals surface area contributed by atoms with Crippen LogP contribution in [-0.4, -0.2) is 16.5 Å². The van der Waals surface area contributed by atoms with Crippen molar-refractivity contribution in [2.75, 3.05) is 10.6 Å². The number of nitro groups is 1. The van der Waals surface area contributed by atoms with Crippen LogP contribution in [0, 0.1) is 10.1 Å². The molecule has 150 valence electrons. The van der Waals surface area contributed by atoms with E-state index in [1.165, 1.54) is 0 Å². The van der Waals surface area contributed by atoms with E-state index in [2.05, 4.69) is 5.32 Å². The Morgan fingerprint density at radius 2 is 1.50 bits per heavy atom. The lowest BCUT2D eigenvalue weighted by Crippen LogP contribution is -2.20. The number of anilines is 2. The molecular weight excluding hydrogens is 416 g/mol. The van der Waals surface area contributed by atoms with Gasteiger partial charge in [0.2, 0.25) is 0 Å². The predicted molar refractivity (Wildman–Crippen MR) is 89.1 cm³/mol. The molecule has 0 aliphatic heterocycles. The fourth-order valence-electron chi connectivity index (χ4n) is 1.99. The van der Waals surface area contributed by atoms with Gasteiger partial charge in [0, 0.05) is 28.4 Å². The van der Waals surface area contributed by atoms with Gasteiger partial charge in [-0.15, -0.1) is 0 Å². The summed E-state index contributed by atoms with van der Waals surface area (Å²) in [4.78, 5) is 21.5. The Hall–Kier alpha value is -2.96. The Balaban J connectivity index is 2.12. The van der Waals surface area contributed by atoms with E-state index in [1.54, 1.807) is 0 Å². The summed E-state index contributed by atoms with van der Waals surface area (Å²) in [6.07, 6.45) is -4.87. The average molecular weight is 425 g/mol. The van der Waals surface area contributed by atoms with Crippen molar-refractivity contribution < 1.29 is 36.1 Å². The van der Waals surface area contributed by atoms with E-state index < -0.39 is 39.6 Å². The van der Waals surface area contributed by atoms with Gasteiger partial charge in [0.1, 0.15) is 0 Å². The van der Waals surface area contributed by atoms with Crippen molar-refractivity contribution in [3.05, 3.63) is 58.1 Å². The minimum absolute atomic E-state index is 0.0606. The number of thioether (sulfide) groups is 1. The molecule has 2 rings (SSSR count). The monoisotopic (exact) mass is 425 g/mol. The highest BCUT2D eigenvalue weighted by atomic mass is 32.2. The number of hydrogen-bond acceptors (Lipinski definition) is 4. The molecule has 0 fully saturated rings. The first-order chi connectivity index (χ1) is 12.8. The van der Waals surface area contributed by atoms with Crippen molar-refractivity contribution in [1.29, 1.82) is 0 Å². The molecule has 28 heavy (non-hydrogen) atoms. The molecule has 0 spiro atoms. The molecule has 0 heterocycles. The van der Waals surface area contributed by atoms with Gasteiger partial charge in [0.05, 0.1) is 10.5 Å². The number of carbonyl (C=O) groups is 1. The normalized spacial score (nSPS) is 11.8. The van der Waals surface area contributed by atoms with Crippen LogP contribution in [-0.2, 0) is 6.18 Å². The summed E-state index contributed by atoms with van der Waals surface area (Å²) in [6, 6.07) is 5.01. The Kier molecular flexibility index (Phi) is 6.07. The summed E-state index contributed by atoms with van der Waals surface area (Å²) in [5, 5.41) is 15.0. The quantitative estimate of drug-likeness (QED) is 0.278. The number of amides is 2. The van der Waals surface area contributed by atoms with Gasteiger partial charge in [-0.25, -0.2) is 4.79 Å². The van der Waals surface area contributed by atoms with Crippen LogP contribution in [0.3, 0.4) is 0 Å². The molecule has 0 saturated heterocycles. The van der Waals surface area contributed by atoms with Crippen LogP contribution in [0.2, 0.25) is 0 Å². The van der Waals surface area contributed by atoms with Crippen molar-refractivity contribution in [3.63, 3.8) is 0 Å². The number of hydrogen-bond donors (Lipinski definition) is 2. The Morgan fingerprint density at radius 3 is 2.00 bits per heavy atom. The molecule has 2 amide bonds. The fraction of sp³-hybridized carbons (Fsp3) is 0.133. The first-order valence-electron chi connectivity index (χ1n) is 7.14. The fourth-order valence-corrected chi connectivity index (χ4v) is 2.53. The number of nitrogens with one attached hydrogen (secondary N) is 2. The Labute approximate surface area is 157 Å². The molecule has 0 unspecified atom stereocenters. The van der Waals surface area contributed by atoms with Crippen molar-refractivity contribution in [3.8, 4) is 0 Å². The molecule has 2 N–H and O–H groups in total. The van der Waals surface area contributed by atoms with E-state index in [1.807, 2.05) is 5.32 Å². The maximum absolute atomic E-state index is 12.8.